The van der Waals surface area contributed by atoms with Crippen molar-refractivity contribution in [3.63, 3.8) is 0 Å². The first-order valence-electron chi connectivity index (χ1n) is 4.11. The average Bonchev–Trinajstić information content (AvgIpc) is 2.25. The van der Waals surface area contributed by atoms with Gasteiger partial charge < -0.3 is 4.74 Å². The molecule has 0 aliphatic heterocycles. The maximum absolute atomic E-state index is 11.2. The Morgan fingerprint density at radius 3 is 2.39 bits per heavy atom. The van der Waals surface area contributed by atoms with Crippen molar-refractivity contribution in [1.29, 1.82) is 0 Å². The fourth-order valence-electron chi connectivity index (χ4n) is 1.11. The summed E-state index contributed by atoms with van der Waals surface area (Å²) in [7, 11) is -3.53. The number of esters is 1. The van der Waals surface area contributed by atoms with Gasteiger partial charge in [0.15, 0.2) is 0 Å². The molecule has 0 aliphatic rings. The molecule has 0 unspecified atom stereocenters. The Morgan fingerprint density at radius 1 is 1.44 bits per heavy atom. The summed E-state index contributed by atoms with van der Waals surface area (Å²) in [5.74, 6) is -0.974. The first-order chi connectivity index (χ1) is 7.77. The molecule has 10 heteroatoms. The van der Waals surface area contributed by atoms with Crippen molar-refractivity contribution in [1.82, 2.24) is 0 Å². The molecule has 18 heavy (non-hydrogen) atoms. The molecule has 1 aromatic rings. The monoisotopic (exact) mass is 300 g/mol. The summed E-state index contributed by atoms with van der Waals surface area (Å²) in [5, 5.41) is 10.6. The Bertz CT molecular complexity index is 583. The van der Waals surface area contributed by atoms with Crippen LogP contribution in [0.15, 0.2) is 23.1 Å². The standard InChI is InChI=1S/C8H7NO7S.K/c1-16-8(10)6-3-2-5(17(13,14)15)4-7(6)9(11)12;/h2-4H,1H3,(H,13,14,15);. The number of benzene rings is 1. The van der Waals surface area contributed by atoms with E-state index in [4.69, 9.17) is 4.55 Å². The predicted molar refractivity (Wildman–Crippen MR) is 60.0 cm³/mol. The van der Waals surface area contributed by atoms with Crippen LogP contribution in [0.4, 0.5) is 5.69 Å². The Kier molecular flexibility index (Phi) is 6.57. The largest absolute Gasteiger partial charge is 0.465 e. The Balaban J connectivity index is 0.00000289. The first-order valence-corrected chi connectivity index (χ1v) is 5.55. The van der Waals surface area contributed by atoms with Gasteiger partial charge in [-0.15, -0.1) is 0 Å². The molecule has 93 valence electrons. The molecule has 0 saturated heterocycles. The summed E-state index contributed by atoms with van der Waals surface area (Å²) in [5.41, 5.74) is -1.16. The van der Waals surface area contributed by atoms with Crippen LogP contribution >= 0.6 is 0 Å². The van der Waals surface area contributed by atoms with E-state index in [9.17, 15) is 23.3 Å². The number of methoxy groups -OCH3 is 1. The molecule has 0 aromatic heterocycles. The topological polar surface area (TPSA) is 124 Å². The summed E-state index contributed by atoms with van der Waals surface area (Å²) < 4.78 is 34.6. The molecule has 0 heterocycles. The van der Waals surface area contributed by atoms with E-state index in [1.165, 1.54) is 0 Å². The molecule has 1 rings (SSSR count). The summed E-state index contributed by atoms with van der Waals surface area (Å²) >= 11 is 0. The number of nitrogens with zero attached hydrogens (tertiary/aromatic N) is 1. The van der Waals surface area contributed by atoms with E-state index in [0.717, 1.165) is 19.2 Å². The van der Waals surface area contributed by atoms with E-state index in [0.29, 0.717) is 6.07 Å². The molecule has 0 bridgehead atoms. The van der Waals surface area contributed by atoms with Crippen molar-refractivity contribution in [2.75, 3.05) is 7.11 Å². The van der Waals surface area contributed by atoms with Gasteiger partial charge in [-0.25, -0.2) is 4.79 Å². The third-order valence-electron chi connectivity index (χ3n) is 1.87. The van der Waals surface area contributed by atoms with Gasteiger partial charge in [-0.2, -0.15) is 8.42 Å². The van der Waals surface area contributed by atoms with Crippen molar-refractivity contribution in [2.45, 2.75) is 4.90 Å². The smallest absolute Gasteiger partial charge is 0.344 e. The number of nitro groups is 1. The van der Waals surface area contributed by atoms with Gasteiger partial charge in [-0.05, 0) is 12.1 Å². The summed E-state index contributed by atoms with van der Waals surface area (Å²) in [6.45, 7) is 0. The Hall–Kier alpha value is -0.364. The number of hydrogen-bond donors (Lipinski definition) is 1. The van der Waals surface area contributed by atoms with Gasteiger partial charge in [0, 0.05) is 57.5 Å². The number of rotatable bonds is 3. The molecule has 0 saturated carbocycles. The van der Waals surface area contributed by atoms with Crippen LogP contribution in [0.2, 0.25) is 0 Å². The fraction of sp³-hybridized carbons (Fsp3) is 0.125. The molecule has 1 aromatic carbocycles. The van der Waals surface area contributed by atoms with Crippen LogP contribution < -0.4 is 0 Å². The summed E-state index contributed by atoms with van der Waals surface area (Å²) in [6, 6.07) is 2.35. The quantitative estimate of drug-likeness (QED) is 0.279. The second-order valence-electron chi connectivity index (χ2n) is 2.90. The zero-order valence-corrected chi connectivity index (χ0v) is 13.4. The third-order valence-corrected chi connectivity index (χ3v) is 2.72. The van der Waals surface area contributed by atoms with Crippen LogP contribution in [0.3, 0.4) is 0 Å². The van der Waals surface area contributed by atoms with E-state index in [1.807, 2.05) is 0 Å². The molecule has 1 radical (unpaired) electrons. The Morgan fingerprint density at radius 2 is 2.00 bits per heavy atom. The predicted octanol–water partition coefficient (Wildman–Crippen LogP) is 0.247. The van der Waals surface area contributed by atoms with Crippen LogP contribution in [0.5, 0.6) is 0 Å². The molecule has 1 N–H and O–H groups in total. The van der Waals surface area contributed by atoms with Crippen LogP contribution in [0.1, 0.15) is 10.4 Å². The van der Waals surface area contributed by atoms with Gasteiger partial charge in [0.25, 0.3) is 15.8 Å². The zero-order valence-electron chi connectivity index (χ0n) is 9.48. The van der Waals surface area contributed by atoms with Gasteiger partial charge in [-0.3, -0.25) is 14.7 Å². The number of nitro benzene ring substituents is 1. The zero-order chi connectivity index (χ0) is 13.2. The van der Waals surface area contributed by atoms with Crippen molar-refractivity contribution in [3.8, 4) is 0 Å². The normalized spacial score (nSPS) is 10.3. The molecule has 0 atom stereocenters. The second-order valence-corrected chi connectivity index (χ2v) is 4.32. The van der Waals surface area contributed by atoms with Crippen molar-refractivity contribution >= 4 is 73.2 Å². The van der Waals surface area contributed by atoms with E-state index in [1.54, 1.807) is 0 Å². The molecular weight excluding hydrogens is 293 g/mol. The van der Waals surface area contributed by atoms with Crippen molar-refractivity contribution in [2.24, 2.45) is 0 Å². The minimum atomic E-state index is -4.56. The van der Waals surface area contributed by atoms with Gasteiger partial charge >= 0.3 is 5.97 Å². The molecule has 0 aliphatic carbocycles. The number of carbonyl (C=O) groups excluding carboxylic acids is 1. The number of carbonyl (C=O) groups is 1. The van der Waals surface area contributed by atoms with Crippen LogP contribution in [-0.4, -0.2) is 82.4 Å². The van der Waals surface area contributed by atoms with Crippen LogP contribution in [0.25, 0.3) is 0 Å². The fourth-order valence-corrected chi connectivity index (χ4v) is 1.61. The summed E-state index contributed by atoms with van der Waals surface area (Å²) in [4.78, 5) is 20.2. The van der Waals surface area contributed by atoms with Crippen LogP contribution in [-0.2, 0) is 14.9 Å². The van der Waals surface area contributed by atoms with Gasteiger partial charge in [-0.1, -0.05) is 0 Å². The average molecular weight is 300 g/mol. The van der Waals surface area contributed by atoms with Crippen molar-refractivity contribution < 1.29 is 27.4 Å². The van der Waals surface area contributed by atoms with E-state index in [-0.39, 0.29) is 51.4 Å². The molecule has 0 spiro atoms. The van der Waals surface area contributed by atoms with Gasteiger partial charge in [0.05, 0.1) is 12.0 Å². The van der Waals surface area contributed by atoms with Gasteiger partial charge in [0.2, 0.25) is 0 Å². The maximum Gasteiger partial charge on any atom is 0.344 e. The van der Waals surface area contributed by atoms with E-state index in [2.05, 4.69) is 4.74 Å². The van der Waals surface area contributed by atoms with Gasteiger partial charge in [0.1, 0.15) is 10.5 Å². The SMILES string of the molecule is COC(=O)c1ccc(S(=O)(=O)O)cc1[N+](=O)[O-].[K]. The maximum atomic E-state index is 11.2. The second kappa shape index (κ2) is 6.70. The molecule has 0 fully saturated rings. The third kappa shape index (κ3) is 4.08. The summed E-state index contributed by atoms with van der Waals surface area (Å²) in [6.07, 6.45) is 0. The molecule has 8 nitrogen and oxygen atoms in total. The van der Waals surface area contributed by atoms with E-state index < -0.39 is 37.2 Å². The minimum absolute atomic E-state index is 0. The number of ether oxygens (including phenoxy) is 1. The number of hydrogen-bond acceptors (Lipinski definition) is 6. The minimum Gasteiger partial charge on any atom is -0.465 e. The molecular formula is C8H7KNO7S. The van der Waals surface area contributed by atoms with E-state index >= 15 is 0 Å². The van der Waals surface area contributed by atoms with Crippen LogP contribution in [0, 0.1) is 10.1 Å². The van der Waals surface area contributed by atoms with Crippen molar-refractivity contribution in [3.05, 3.63) is 33.9 Å². The first kappa shape index (κ1) is 17.6. The molecule has 0 amide bonds. The Labute approximate surface area is 145 Å².